The Morgan fingerprint density at radius 2 is 0.349 bits per heavy atom. The van der Waals surface area contributed by atoms with Crippen molar-refractivity contribution >= 4 is 43.6 Å². The van der Waals surface area contributed by atoms with Crippen molar-refractivity contribution in [3.05, 3.63) is 414 Å². The molecule has 14 aromatic heterocycles. The Morgan fingerprint density at radius 1 is 0.143 bits per heavy atom. The first kappa shape index (κ1) is 76.2. The lowest BCUT2D eigenvalue weighted by molar-refractivity contribution is 1.06. The van der Waals surface area contributed by atoms with Gasteiger partial charge in [-0.3, -0.25) is 59.8 Å². The maximum atomic E-state index is 5.08. The number of fused-ring (bicyclic) bond motifs is 4. The Labute approximate surface area is 725 Å². The zero-order chi connectivity index (χ0) is 84.2. The van der Waals surface area contributed by atoms with Crippen molar-refractivity contribution in [2.75, 3.05) is 0 Å². The van der Waals surface area contributed by atoms with Gasteiger partial charge in [0.25, 0.3) is 0 Å². The topological polar surface area (TPSA) is 206 Å². The highest BCUT2D eigenvalue weighted by Crippen LogP contribution is 2.42. The van der Waals surface area contributed by atoms with Gasteiger partial charge in [-0.15, -0.1) is 0 Å². The summed E-state index contributed by atoms with van der Waals surface area (Å²) in [5.41, 5.74) is 35.1. The summed E-state index contributed by atoms with van der Waals surface area (Å²) in [7, 11) is 0. The lowest BCUT2D eigenvalue weighted by Crippen LogP contribution is -1.97. The lowest BCUT2D eigenvalue weighted by Gasteiger charge is -2.14. The Kier molecular flexibility index (Phi) is 20.4. The van der Waals surface area contributed by atoms with Crippen LogP contribution in [0.4, 0.5) is 0 Å². The van der Waals surface area contributed by atoms with E-state index >= 15 is 0 Å². The van der Waals surface area contributed by atoms with Gasteiger partial charge in [0.1, 0.15) is 11.6 Å². The van der Waals surface area contributed by atoms with Crippen molar-refractivity contribution in [1.82, 2.24) is 79.7 Å². The molecule has 0 aliphatic rings. The molecule has 14 heterocycles. The molecule has 0 saturated carbocycles. The molecule has 0 N–H and O–H groups in total. The molecule has 0 spiro atoms. The predicted molar refractivity (Wildman–Crippen MR) is 504 cm³/mol. The fourth-order valence-electron chi connectivity index (χ4n) is 16.2. The molecule has 16 heteroatoms. The van der Waals surface area contributed by atoms with Crippen LogP contribution in [0.2, 0.25) is 0 Å². The molecule has 0 unspecified atom stereocenters. The number of rotatable bonds is 16. The lowest BCUT2D eigenvalue weighted by atomic mass is 9.92. The van der Waals surface area contributed by atoms with Gasteiger partial charge in [-0.2, -0.15) is 0 Å². The molecule has 0 saturated heterocycles. The molecule has 0 radical (unpaired) electrons. The predicted octanol–water partition coefficient (Wildman–Crippen LogP) is 25.6. The van der Waals surface area contributed by atoms with Crippen LogP contribution in [0.15, 0.2) is 402 Å². The van der Waals surface area contributed by atoms with Crippen LogP contribution < -0.4 is 0 Å². The largest absolute Gasteiger partial charge is 0.265 e. The van der Waals surface area contributed by atoms with E-state index in [-0.39, 0.29) is 0 Å². The standard InChI is InChI=1S/C57H38N10.C53H34N6/c1-37-66-56(50-28-46(42-2-6-52(62-33-42)38-10-18-58-19-11-38)26-47(29-50)43-3-7-53(63-34-43)39-12-20-59-21-13-39)32-57(67-37)51-30-48(44-4-8-54(64-35-44)40-14-22-60-23-15-40)27-49(31-51)45-5-9-55(65-36-45)41-16-24-61-25-17-41;1-33-58-52(46-28-42(34-10-14-48-38(22-34)6-2-18-54-48)26-43(29-46)35-11-15-49-39(23-35)7-3-19-55-49)32-53(59-33)47-30-44(36-12-16-50-40(24-36)8-4-20-56-50)27-45(31-47)37-13-17-51-41(25-37)9-5-21-57-51/h2-36H,1H3;2-32H,1H3. The summed E-state index contributed by atoms with van der Waals surface area (Å²) in [5, 5.41) is 4.37. The molecule has 0 aliphatic heterocycles. The third-order valence-electron chi connectivity index (χ3n) is 22.6. The summed E-state index contributed by atoms with van der Waals surface area (Å²) >= 11 is 0. The minimum absolute atomic E-state index is 0.643. The van der Waals surface area contributed by atoms with Gasteiger partial charge >= 0.3 is 0 Å². The molecule has 22 aromatic rings. The number of hydrogen-bond acceptors (Lipinski definition) is 16. The number of benzene rings is 8. The molecule has 592 valence electrons. The molecule has 8 aromatic carbocycles. The monoisotopic (exact) mass is 1620 g/mol. The maximum absolute atomic E-state index is 5.08. The maximum Gasteiger partial charge on any atom is 0.126 e. The molecular weight excluding hydrogens is 1550 g/mol. The van der Waals surface area contributed by atoms with Crippen LogP contribution >= 0.6 is 0 Å². The summed E-state index contributed by atoms with van der Waals surface area (Å²) in [6.07, 6.45) is 29.3. The van der Waals surface area contributed by atoms with Gasteiger partial charge in [-0.25, -0.2) is 19.9 Å². The van der Waals surface area contributed by atoms with Gasteiger partial charge in [0.2, 0.25) is 0 Å². The van der Waals surface area contributed by atoms with E-state index in [1.54, 1.807) is 49.6 Å². The van der Waals surface area contributed by atoms with Crippen molar-refractivity contribution in [3.63, 3.8) is 0 Å². The Balaban J connectivity index is 0.000000155. The normalized spacial score (nSPS) is 11.3. The van der Waals surface area contributed by atoms with Crippen molar-refractivity contribution in [1.29, 1.82) is 0 Å². The molecule has 0 fully saturated rings. The molecule has 0 amide bonds. The minimum Gasteiger partial charge on any atom is -0.265 e. The van der Waals surface area contributed by atoms with Crippen molar-refractivity contribution in [2.24, 2.45) is 0 Å². The van der Waals surface area contributed by atoms with Gasteiger partial charge < -0.3 is 0 Å². The third kappa shape index (κ3) is 16.3. The van der Waals surface area contributed by atoms with E-state index in [0.717, 1.165) is 223 Å². The van der Waals surface area contributed by atoms with E-state index in [4.69, 9.17) is 39.9 Å². The van der Waals surface area contributed by atoms with Gasteiger partial charge in [0.15, 0.2) is 0 Å². The highest BCUT2D eigenvalue weighted by molar-refractivity contribution is 5.94. The zero-order valence-corrected chi connectivity index (χ0v) is 68.3. The van der Waals surface area contributed by atoms with E-state index in [1.165, 1.54) is 0 Å². The van der Waals surface area contributed by atoms with Gasteiger partial charge in [0.05, 0.1) is 67.6 Å². The fraction of sp³-hybridized carbons (Fsp3) is 0.0182. The second-order valence-electron chi connectivity index (χ2n) is 30.9. The second kappa shape index (κ2) is 33.8. The second-order valence-corrected chi connectivity index (χ2v) is 30.9. The van der Waals surface area contributed by atoms with E-state index in [1.807, 2.05) is 160 Å². The van der Waals surface area contributed by atoms with Crippen LogP contribution in [0.25, 0.3) is 223 Å². The summed E-state index contributed by atoms with van der Waals surface area (Å²) in [5.74, 6) is 1.34. The van der Waals surface area contributed by atoms with Gasteiger partial charge in [0, 0.05) is 187 Å². The zero-order valence-electron chi connectivity index (χ0n) is 68.3. The van der Waals surface area contributed by atoms with E-state index in [0.29, 0.717) is 11.6 Å². The number of aromatic nitrogens is 16. The third-order valence-corrected chi connectivity index (χ3v) is 22.6. The first-order chi connectivity index (χ1) is 62.1. The molecule has 0 aliphatic carbocycles. The average Bonchev–Trinajstić information content (AvgIpc) is 0.778. The highest BCUT2D eigenvalue weighted by atomic mass is 14.9. The molecule has 22 rings (SSSR count). The van der Waals surface area contributed by atoms with Crippen LogP contribution in [-0.2, 0) is 0 Å². The fourth-order valence-corrected chi connectivity index (χ4v) is 16.2. The number of aryl methyl sites for hydroxylation is 2. The van der Waals surface area contributed by atoms with Crippen molar-refractivity contribution < 1.29 is 0 Å². The first-order valence-electron chi connectivity index (χ1n) is 41.3. The Morgan fingerprint density at radius 3 is 0.563 bits per heavy atom. The summed E-state index contributed by atoms with van der Waals surface area (Å²) in [6.45, 7) is 3.91. The number of hydrogen-bond donors (Lipinski definition) is 0. The average molecular weight is 1620 g/mol. The van der Waals surface area contributed by atoms with E-state index in [9.17, 15) is 0 Å². The Hall–Kier alpha value is -17.2. The van der Waals surface area contributed by atoms with Gasteiger partial charge in [-0.1, -0.05) is 72.8 Å². The molecule has 0 atom stereocenters. The summed E-state index contributed by atoms with van der Waals surface area (Å²) < 4.78 is 0. The minimum atomic E-state index is 0.643. The molecule has 0 bridgehead atoms. The van der Waals surface area contributed by atoms with Crippen LogP contribution in [0.1, 0.15) is 11.6 Å². The Bertz CT molecular complexity index is 6970. The number of pyridine rings is 12. The molecule has 16 nitrogen and oxygen atoms in total. The highest BCUT2D eigenvalue weighted by Gasteiger charge is 2.20. The quantitative estimate of drug-likeness (QED) is 0.0881. The van der Waals surface area contributed by atoms with Crippen molar-refractivity contribution in [3.8, 4) is 179 Å². The number of nitrogens with zero attached hydrogens (tertiary/aromatic N) is 16. The first-order valence-corrected chi connectivity index (χ1v) is 41.3. The van der Waals surface area contributed by atoms with Crippen LogP contribution in [0, 0.1) is 13.8 Å². The molecule has 126 heavy (non-hydrogen) atoms. The SMILES string of the molecule is Cc1nc(-c2cc(-c3ccc(-c4ccncc4)nc3)cc(-c3ccc(-c4ccncc4)nc3)c2)cc(-c2cc(-c3ccc(-c4ccncc4)nc3)cc(-c3ccc(-c4ccncc4)nc3)c2)n1.Cc1nc(-c2cc(-c3ccc4ncccc4c3)cc(-c3ccc4ncccc4c3)c2)cc(-c2cc(-c3ccc4ncccc4c3)cc(-c3ccc4ncccc4c3)c2)n1. The summed E-state index contributed by atoms with van der Waals surface area (Å²) in [6, 6.07) is 105. The van der Waals surface area contributed by atoms with E-state index < -0.39 is 0 Å². The van der Waals surface area contributed by atoms with Crippen LogP contribution in [0.5, 0.6) is 0 Å². The smallest absolute Gasteiger partial charge is 0.126 e. The van der Waals surface area contributed by atoms with Crippen LogP contribution in [0.3, 0.4) is 0 Å². The van der Waals surface area contributed by atoms with E-state index in [2.05, 4.69) is 246 Å². The van der Waals surface area contributed by atoms with Gasteiger partial charge in [-0.05, 0) is 311 Å². The summed E-state index contributed by atoms with van der Waals surface area (Å²) in [4.78, 5) is 74.7. The molecular formula is C110H72N16. The van der Waals surface area contributed by atoms with Crippen LogP contribution in [-0.4, -0.2) is 79.7 Å². The van der Waals surface area contributed by atoms with Crippen molar-refractivity contribution in [2.45, 2.75) is 13.8 Å².